The van der Waals surface area contributed by atoms with Gasteiger partial charge in [-0.15, -0.1) is 0 Å². The summed E-state index contributed by atoms with van der Waals surface area (Å²) in [4.78, 5) is 16.3. The molecule has 5 heteroatoms. The normalized spacial score (nSPS) is 23.7. The average molecular weight is 312 g/mol. The second-order valence-electron chi connectivity index (χ2n) is 4.87. The van der Waals surface area contributed by atoms with Crippen LogP contribution < -0.4 is 10.6 Å². The fourth-order valence-electron chi connectivity index (χ4n) is 2.25. The van der Waals surface area contributed by atoms with Crippen molar-refractivity contribution in [3.05, 3.63) is 22.4 Å². The summed E-state index contributed by atoms with van der Waals surface area (Å²) in [7, 11) is 0. The zero-order valence-corrected chi connectivity index (χ0v) is 12.3. The number of rotatable bonds is 2. The number of piperidine rings is 1. The highest BCUT2D eigenvalue weighted by atomic mass is 79.9. The third-order valence-corrected chi connectivity index (χ3v) is 4.16. The van der Waals surface area contributed by atoms with E-state index in [0.29, 0.717) is 5.92 Å². The summed E-state index contributed by atoms with van der Waals surface area (Å²) in [6.45, 7) is 4.98. The molecule has 2 unspecified atom stereocenters. The summed E-state index contributed by atoms with van der Waals surface area (Å²) in [5, 5.41) is 6.20. The molecular formula is C13H18BrN3O. The van der Waals surface area contributed by atoms with E-state index in [1.807, 2.05) is 13.0 Å². The monoisotopic (exact) mass is 311 g/mol. The van der Waals surface area contributed by atoms with E-state index in [9.17, 15) is 4.79 Å². The molecule has 1 aliphatic rings. The van der Waals surface area contributed by atoms with Crippen LogP contribution in [0, 0.1) is 12.8 Å². The van der Waals surface area contributed by atoms with E-state index < -0.39 is 0 Å². The predicted octanol–water partition coefficient (Wildman–Crippen LogP) is 2.48. The van der Waals surface area contributed by atoms with Crippen LogP contribution in [0.3, 0.4) is 0 Å². The van der Waals surface area contributed by atoms with E-state index in [-0.39, 0.29) is 11.9 Å². The van der Waals surface area contributed by atoms with Crippen LogP contribution in [-0.4, -0.2) is 23.5 Å². The molecule has 2 heterocycles. The lowest BCUT2D eigenvalue weighted by atomic mass is 9.92. The number of halogens is 1. The maximum atomic E-state index is 12.2. The number of anilines is 1. The van der Waals surface area contributed by atoms with E-state index in [1.165, 1.54) is 0 Å². The molecule has 0 aliphatic carbocycles. The molecule has 0 aromatic carbocycles. The van der Waals surface area contributed by atoms with E-state index in [0.717, 1.165) is 35.2 Å². The van der Waals surface area contributed by atoms with Crippen molar-refractivity contribution in [2.75, 3.05) is 11.9 Å². The van der Waals surface area contributed by atoms with Crippen molar-refractivity contribution in [1.29, 1.82) is 0 Å². The van der Waals surface area contributed by atoms with Crippen LogP contribution in [0.5, 0.6) is 0 Å². The highest BCUT2D eigenvalue weighted by molar-refractivity contribution is 9.10. The number of nitrogens with zero attached hydrogens (tertiary/aromatic N) is 1. The van der Waals surface area contributed by atoms with Crippen molar-refractivity contribution in [3.8, 4) is 0 Å². The third-order valence-electron chi connectivity index (χ3n) is 3.33. The summed E-state index contributed by atoms with van der Waals surface area (Å²) in [5.41, 5.74) is 1.76. The van der Waals surface area contributed by atoms with Crippen LogP contribution in [0.4, 0.5) is 5.69 Å². The second-order valence-corrected chi connectivity index (χ2v) is 5.62. The summed E-state index contributed by atoms with van der Waals surface area (Å²) < 4.78 is 0.810. The molecule has 0 spiro atoms. The zero-order valence-electron chi connectivity index (χ0n) is 10.7. The minimum atomic E-state index is -0.0947. The molecule has 98 valence electrons. The number of amides is 1. The number of pyridine rings is 1. The van der Waals surface area contributed by atoms with Gasteiger partial charge in [-0.05, 0) is 59.8 Å². The number of carbonyl (C=O) groups is 1. The molecule has 2 atom stereocenters. The minimum Gasteiger partial charge on any atom is -0.323 e. The van der Waals surface area contributed by atoms with Gasteiger partial charge < -0.3 is 10.6 Å². The molecule has 0 radical (unpaired) electrons. The number of carbonyl (C=O) groups excluding carboxylic acids is 1. The molecule has 0 saturated carbocycles. The molecule has 1 aromatic rings. The molecular weight excluding hydrogens is 294 g/mol. The average Bonchev–Trinajstić information content (AvgIpc) is 2.34. The van der Waals surface area contributed by atoms with Gasteiger partial charge in [-0.1, -0.05) is 6.92 Å². The highest BCUT2D eigenvalue weighted by Gasteiger charge is 2.27. The Bertz CT molecular complexity index is 450. The standard InChI is InChI=1S/C13H18BrN3O/c1-8-4-3-5-15-11(8)13(18)17-10-6-9(2)12(14)16-7-10/h6-8,11,15H,3-5H2,1-2H3,(H,17,18). The molecule has 1 aliphatic heterocycles. The first-order chi connectivity index (χ1) is 8.58. The largest absolute Gasteiger partial charge is 0.323 e. The molecule has 4 nitrogen and oxygen atoms in total. The molecule has 0 bridgehead atoms. The smallest absolute Gasteiger partial charge is 0.241 e. The van der Waals surface area contributed by atoms with Gasteiger partial charge in [0.2, 0.25) is 5.91 Å². The number of hydrogen-bond acceptors (Lipinski definition) is 3. The Morgan fingerprint density at radius 2 is 2.39 bits per heavy atom. The van der Waals surface area contributed by atoms with Gasteiger partial charge in [-0.25, -0.2) is 4.98 Å². The van der Waals surface area contributed by atoms with E-state index in [2.05, 4.69) is 38.5 Å². The van der Waals surface area contributed by atoms with Gasteiger partial charge >= 0.3 is 0 Å². The van der Waals surface area contributed by atoms with Gasteiger partial charge in [0.1, 0.15) is 4.60 Å². The second kappa shape index (κ2) is 5.80. The van der Waals surface area contributed by atoms with Crippen LogP contribution in [-0.2, 0) is 4.79 Å². The highest BCUT2D eigenvalue weighted by Crippen LogP contribution is 2.19. The van der Waals surface area contributed by atoms with Crippen molar-refractivity contribution in [2.24, 2.45) is 5.92 Å². The summed E-state index contributed by atoms with van der Waals surface area (Å²) >= 11 is 3.35. The van der Waals surface area contributed by atoms with Gasteiger partial charge in [0.05, 0.1) is 17.9 Å². The molecule has 2 rings (SSSR count). The lowest BCUT2D eigenvalue weighted by Crippen LogP contribution is -2.48. The first-order valence-electron chi connectivity index (χ1n) is 6.24. The third kappa shape index (κ3) is 3.09. The zero-order chi connectivity index (χ0) is 13.1. The Hall–Kier alpha value is -0.940. The quantitative estimate of drug-likeness (QED) is 0.825. The Balaban J connectivity index is 2.04. The van der Waals surface area contributed by atoms with Crippen molar-refractivity contribution in [1.82, 2.24) is 10.3 Å². The molecule has 1 aromatic heterocycles. The first-order valence-corrected chi connectivity index (χ1v) is 7.03. The van der Waals surface area contributed by atoms with Gasteiger partial charge in [0.15, 0.2) is 0 Å². The SMILES string of the molecule is Cc1cc(NC(=O)C2NCCCC2C)cnc1Br. The lowest BCUT2D eigenvalue weighted by Gasteiger charge is -2.28. The van der Waals surface area contributed by atoms with Crippen LogP contribution in [0.15, 0.2) is 16.9 Å². The topological polar surface area (TPSA) is 54.0 Å². The summed E-state index contributed by atoms with van der Waals surface area (Å²) in [5.74, 6) is 0.411. The van der Waals surface area contributed by atoms with E-state index >= 15 is 0 Å². The van der Waals surface area contributed by atoms with Crippen molar-refractivity contribution in [2.45, 2.75) is 32.7 Å². The van der Waals surface area contributed by atoms with Gasteiger partial charge in [-0.2, -0.15) is 0 Å². The number of hydrogen-bond donors (Lipinski definition) is 2. The van der Waals surface area contributed by atoms with E-state index in [4.69, 9.17) is 0 Å². The minimum absolute atomic E-state index is 0.0331. The van der Waals surface area contributed by atoms with Gasteiger partial charge in [-0.3, -0.25) is 4.79 Å². The number of nitrogens with one attached hydrogen (secondary N) is 2. The molecule has 1 saturated heterocycles. The number of aryl methyl sites for hydroxylation is 1. The van der Waals surface area contributed by atoms with Crippen LogP contribution in [0.2, 0.25) is 0 Å². The Morgan fingerprint density at radius 1 is 1.61 bits per heavy atom. The molecule has 2 N–H and O–H groups in total. The van der Waals surface area contributed by atoms with Crippen LogP contribution in [0.1, 0.15) is 25.3 Å². The fraction of sp³-hybridized carbons (Fsp3) is 0.538. The van der Waals surface area contributed by atoms with Crippen LogP contribution >= 0.6 is 15.9 Å². The van der Waals surface area contributed by atoms with Crippen LogP contribution in [0.25, 0.3) is 0 Å². The van der Waals surface area contributed by atoms with Crippen molar-refractivity contribution < 1.29 is 4.79 Å². The fourth-order valence-corrected chi connectivity index (χ4v) is 2.46. The van der Waals surface area contributed by atoms with Crippen molar-refractivity contribution >= 4 is 27.5 Å². The summed E-state index contributed by atoms with van der Waals surface area (Å²) in [6, 6.07) is 1.82. The van der Waals surface area contributed by atoms with Crippen molar-refractivity contribution in [3.63, 3.8) is 0 Å². The number of aromatic nitrogens is 1. The Kier molecular flexibility index (Phi) is 4.35. The predicted molar refractivity (Wildman–Crippen MR) is 75.5 cm³/mol. The van der Waals surface area contributed by atoms with E-state index in [1.54, 1.807) is 6.20 Å². The van der Waals surface area contributed by atoms with Gasteiger partial charge in [0.25, 0.3) is 0 Å². The van der Waals surface area contributed by atoms with Gasteiger partial charge in [0, 0.05) is 0 Å². The Morgan fingerprint density at radius 3 is 3.06 bits per heavy atom. The maximum absolute atomic E-state index is 12.2. The maximum Gasteiger partial charge on any atom is 0.241 e. The molecule has 1 amide bonds. The first kappa shape index (κ1) is 13.5. The summed E-state index contributed by atoms with van der Waals surface area (Å²) in [6.07, 6.45) is 3.91. The molecule has 1 fully saturated rings. The lowest BCUT2D eigenvalue weighted by molar-refractivity contribution is -0.119. The Labute approximate surface area is 116 Å². The molecule has 18 heavy (non-hydrogen) atoms.